The first-order chi connectivity index (χ1) is 11.5. The van der Waals surface area contributed by atoms with Crippen LogP contribution in [0.25, 0.3) is 6.08 Å². The number of ether oxygens (including phenoxy) is 2. The molecule has 0 unspecified atom stereocenters. The molecule has 128 valence electrons. The SMILES string of the molecule is O=C1/C(=C\c2ccc(OC(F)F)cc2)SC(=S)N1C[C@@H]1CCCO1. The van der Waals surface area contributed by atoms with Crippen LogP contribution >= 0.6 is 24.0 Å². The molecule has 8 heteroatoms. The smallest absolute Gasteiger partial charge is 0.387 e. The van der Waals surface area contributed by atoms with E-state index in [1.165, 1.54) is 23.9 Å². The third-order valence-electron chi connectivity index (χ3n) is 3.69. The Kier molecular flexibility index (Phi) is 5.47. The minimum Gasteiger partial charge on any atom is -0.435 e. The van der Waals surface area contributed by atoms with Crippen LogP contribution in [0.5, 0.6) is 5.75 Å². The molecule has 24 heavy (non-hydrogen) atoms. The first-order valence-corrected chi connectivity index (χ1v) is 8.67. The quantitative estimate of drug-likeness (QED) is 0.583. The molecule has 0 aliphatic carbocycles. The Morgan fingerprint density at radius 3 is 2.79 bits per heavy atom. The van der Waals surface area contributed by atoms with Gasteiger partial charge >= 0.3 is 6.61 Å². The van der Waals surface area contributed by atoms with Gasteiger partial charge in [-0.25, -0.2) is 0 Å². The summed E-state index contributed by atoms with van der Waals surface area (Å²) in [6.07, 6.45) is 3.67. The zero-order valence-corrected chi connectivity index (χ0v) is 14.2. The number of alkyl halides is 2. The van der Waals surface area contributed by atoms with Crippen LogP contribution in [0.3, 0.4) is 0 Å². The van der Waals surface area contributed by atoms with Crippen molar-refractivity contribution in [1.29, 1.82) is 0 Å². The van der Waals surface area contributed by atoms with Crippen LogP contribution in [0.4, 0.5) is 8.78 Å². The molecule has 1 amide bonds. The van der Waals surface area contributed by atoms with E-state index in [4.69, 9.17) is 17.0 Å². The molecule has 4 nitrogen and oxygen atoms in total. The standard InChI is InChI=1S/C16H15F2NO3S2/c17-15(18)22-11-5-3-10(4-6-11)8-13-14(20)19(16(23)24-13)9-12-2-1-7-21-12/h3-6,8,12,15H,1-2,7,9H2/b13-8+/t12-/m0/s1. The van der Waals surface area contributed by atoms with E-state index in [0.29, 0.717) is 21.3 Å². The summed E-state index contributed by atoms with van der Waals surface area (Å²) in [5.41, 5.74) is 0.717. The Hall–Kier alpha value is -1.51. The number of hydrogen-bond donors (Lipinski definition) is 0. The van der Waals surface area contributed by atoms with Crippen molar-refractivity contribution < 1.29 is 23.0 Å². The fourth-order valence-corrected chi connectivity index (χ4v) is 3.82. The lowest BCUT2D eigenvalue weighted by atomic mass is 10.2. The monoisotopic (exact) mass is 371 g/mol. The van der Waals surface area contributed by atoms with E-state index in [1.807, 2.05) is 0 Å². The van der Waals surface area contributed by atoms with Gasteiger partial charge in [-0.2, -0.15) is 8.78 Å². The minimum atomic E-state index is -2.86. The molecule has 0 bridgehead atoms. The van der Waals surface area contributed by atoms with Gasteiger partial charge in [0.2, 0.25) is 0 Å². The zero-order chi connectivity index (χ0) is 17.1. The number of rotatable bonds is 5. The molecule has 2 aliphatic rings. The zero-order valence-electron chi connectivity index (χ0n) is 12.6. The molecule has 2 saturated heterocycles. The maximum Gasteiger partial charge on any atom is 0.387 e. The number of halogens is 2. The van der Waals surface area contributed by atoms with Gasteiger partial charge < -0.3 is 9.47 Å². The molecule has 2 heterocycles. The molecule has 0 aromatic heterocycles. The van der Waals surface area contributed by atoms with Gasteiger partial charge in [0.05, 0.1) is 17.6 Å². The fourth-order valence-electron chi connectivity index (χ4n) is 2.55. The Morgan fingerprint density at radius 1 is 1.42 bits per heavy atom. The van der Waals surface area contributed by atoms with Gasteiger partial charge in [0.15, 0.2) is 0 Å². The van der Waals surface area contributed by atoms with Gasteiger partial charge in [-0.05, 0) is 36.6 Å². The average Bonchev–Trinajstić information content (AvgIpc) is 3.13. The van der Waals surface area contributed by atoms with Crippen molar-refractivity contribution in [2.75, 3.05) is 13.2 Å². The predicted octanol–water partition coefficient (Wildman–Crippen LogP) is 3.67. The number of carbonyl (C=O) groups is 1. The maximum atomic E-state index is 12.5. The van der Waals surface area contributed by atoms with Crippen molar-refractivity contribution in [3.63, 3.8) is 0 Å². The molecular weight excluding hydrogens is 356 g/mol. The van der Waals surface area contributed by atoms with Crippen LogP contribution in [0.15, 0.2) is 29.2 Å². The normalized spacial score (nSPS) is 22.9. The number of thiocarbonyl (C=S) groups is 1. The van der Waals surface area contributed by atoms with Crippen LogP contribution in [0, 0.1) is 0 Å². The van der Waals surface area contributed by atoms with Gasteiger partial charge in [-0.3, -0.25) is 9.69 Å². The van der Waals surface area contributed by atoms with Gasteiger partial charge in [0, 0.05) is 6.61 Å². The van der Waals surface area contributed by atoms with Crippen molar-refractivity contribution >= 4 is 40.3 Å². The topological polar surface area (TPSA) is 38.8 Å². The second kappa shape index (κ2) is 7.58. The van der Waals surface area contributed by atoms with E-state index in [9.17, 15) is 13.6 Å². The second-order valence-electron chi connectivity index (χ2n) is 5.37. The van der Waals surface area contributed by atoms with Gasteiger partial charge in [-0.1, -0.05) is 36.1 Å². The minimum absolute atomic E-state index is 0.0395. The molecule has 0 N–H and O–H groups in total. The van der Waals surface area contributed by atoms with Gasteiger partial charge in [-0.15, -0.1) is 0 Å². The number of amides is 1. The first-order valence-electron chi connectivity index (χ1n) is 7.45. The van der Waals surface area contributed by atoms with E-state index in [1.54, 1.807) is 23.1 Å². The molecule has 0 spiro atoms. The van der Waals surface area contributed by atoms with Crippen LogP contribution in [-0.2, 0) is 9.53 Å². The molecule has 0 saturated carbocycles. The lowest BCUT2D eigenvalue weighted by molar-refractivity contribution is -0.123. The summed E-state index contributed by atoms with van der Waals surface area (Å²) in [4.78, 5) is 14.6. The molecule has 1 aromatic carbocycles. The Balaban J connectivity index is 1.68. The second-order valence-corrected chi connectivity index (χ2v) is 7.05. The Bertz CT molecular complexity index is 658. The Morgan fingerprint density at radius 2 is 2.17 bits per heavy atom. The van der Waals surface area contributed by atoms with Crippen LogP contribution < -0.4 is 4.74 Å². The van der Waals surface area contributed by atoms with Gasteiger partial charge in [0.1, 0.15) is 10.1 Å². The molecule has 2 aliphatic heterocycles. The number of hydrogen-bond acceptors (Lipinski definition) is 5. The van der Waals surface area contributed by atoms with E-state index in [-0.39, 0.29) is 17.8 Å². The molecule has 0 radical (unpaired) electrons. The molecule has 3 rings (SSSR count). The lowest BCUT2D eigenvalue weighted by Crippen LogP contribution is -2.35. The van der Waals surface area contributed by atoms with Crippen molar-refractivity contribution in [2.24, 2.45) is 0 Å². The average molecular weight is 371 g/mol. The van der Waals surface area contributed by atoms with E-state index >= 15 is 0 Å². The third-order valence-corrected chi connectivity index (χ3v) is 5.06. The summed E-state index contributed by atoms with van der Waals surface area (Å²) in [6, 6.07) is 6.10. The molecule has 1 aromatic rings. The summed E-state index contributed by atoms with van der Waals surface area (Å²) >= 11 is 6.52. The number of benzene rings is 1. The largest absolute Gasteiger partial charge is 0.435 e. The predicted molar refractivity (Wildman–Crippen MR) is 91.9 cm³/mol. The summed E-state index contributed by atoms with van der Waals surface area (Å²) < 4.78 is 34.6. The molecule has 1 atom stereocenters. The summed E-state index contributed by atoms with van der Waals surface area (Å²) in [7, 11) is 0. The van der Waals surface area contributed by atoms with Crippen molar-refractivity contribution in [2.45, 2.75) is 25.6 Å². The third kappa shape index (κ3) is 4.12. The first kappa shape index (κ1) is 17.3. The Labute approximate surface area is 147 Å². The summed E-state index contributed by atoms with van der Waals surface area (Å²) in [5, 5.41) is 0. The highest BCUT2D eigenvalue weighted by atomic mass is 32.2. The number of nitrogens with zero attached hydrogens (tertiary/aromatic N) is 1. The fraction of sp³-hybridized carbons (Fsp3) is 0.375. The maximum absolute atomic E-state index is 12.5. The van der Waals surface area contributed by atoms with Crippen LogP contribution in [-0.4, -0.2) is 41.0 Å². The molecular formula is C16H15F2NO3S2. The number of thioether (sulfide) groups is 1. The summed E-state index contributed by atoms with van der Waals surface area (Å²) in [6.45, 7) is -1.66. The van der Waals surface area contributed by atoms with Gasteiger partial charge in [0.25, 0.3) is 5.91 Å². The summed E-state index contributed by atoms with van der Waals surface area (Å²) in [5.74, 6) is -0.0681. The van der Waals surface area contributed by atoms with E-state index in [2.05, 4.69) is 4.74 Å². The van der Waals surface area contributed by atoms with Crippen LogP contribution in [0.2, 0.25) is 0 Å². The highest BCUT2D eigenvalue weighted by molar-refractivity contribution is 8.26. The highest BCUT2D eigenvalue weighted by Crippen LogP contribution is 2.33. The van der Waals surface area contributed by atoms with Crippen molar-refractivity contribution in [1.82, 2.24) is 4.90 Å². The molecule has 2 fully saturated rings. The number of carbonyl (C=O) groups excluding carboxylic acids is 1. The van der Waals surface area contributed by atoms with E-state index < -0.39 is 6.61 Å². The van der Waals surface area contributed by atoms with Crippen LogP contribution in [0.1, 0.15) is 18.4 Å². The van der Waals surface area contributed by atoms with E-state index in [0.717, 1.165) is 19.4 Å². The van der Waals surface area contributed by atoms with Crippen molar-refractivity contribution in [3.8, 4) is 5.75 Å². The lowest BCUT2D eigenvalue weighted by Gasteiger charge is -2.18. The highest BCUT2D eigenvalue weighted by Gasteiger charge is 2.34. The van der Waals surface area contributed by atoms with Crippen molar-refractivity contribution in [3.05, 3.63) is 34.7 Å².